The highest BCUT2D eigenvalue weighted by Gasteiger charge is 2.41. The number of hydrogen-bond acceptors (Lipinski definition) is 4. The fourth-order valence-corrected chi connectivity index (χ4v) is 4.43. The monoisotopic (exact) mass is 432 g/mol. The van der Waals surface area contributed by atoms with Gasteiger partial charge in [0.2, 0.25) is 5.91 Å². The van der Waals surface area contributed by atoms with E-state index in [0.717, 1.165) is 28.7 Å². The Labute approximate surface area is 186 Å². The van der Waals surface area contributed by atoms with Crippen LogP contribution in [0, 0.1) is 11.8 Å². The molecule has 0 unspecified atom stereocenters. The number of fused-ring (bicyclic) bond motifs is 3. The Balaban J connectivity index is 1.34. The highest BCUT2D eigenvalue weighted by molar-refractivity contribution is 5.86. The standard InChI is InChI=1S/C25H24N2O5/c28-22(26-14-5-11-23(29)30)15-25(12-6-13-25)27-24(31)32-16-21-19-9-3-1-7-17(19)18-8-2-4-10-20(18)21/h1-4,7-10,21H,6,12-16H2,(H,26,28)(H,27,31)(H,29,30). The summed E-state index contributed by atoms with van der Waals surface area (Å²) in [6, 6.07) is 16.3. The maximum atomic E-state index is 12.6. The van der Waals surface area contributed by atoms with E-state index in [1.54, 1.807) is 0 Å². The smallest absolute Gasteiger partial charge is 0.407 e. The van der Waals surface area contributed by atoms with Crippen LogP contribution in [-0.2, 0) is 14.3 Å². The number of hydrogen-bond donors (Lipinski definition) is 3. The van der Waals surface area contributed by atoms with Crippen molar-refractivity contribution in [3.05, 3.63) is 59.7 Å². The number of carboxylic acid groups (broad SMARTS) is 1. The molecule has 0 radical (unpaired) electrons. The Morgan fingerprint density at radius 1 is 1.03 bits per heavy atom. The first-order valence-corrected chi connectivity index (χ1v) is 10.6. The maximum absolute atomic E-state index is 12.6. The van der Waals surface area contributed by atoms with Crippen molar-refractivity contribution in [2.24, 2.45) is 0 Å². The van der Waals surface area contributed by atoms with Crippen LogP contribution in [0.1, 0.15) is 42.7 Å². The normalized spacial score (nSPS) is 15.2. The van der Waals surface area contributed by atoms with Gasteiger partial charge in [-0.1, -0.05) is 54.5 Å². The Morgan fingerprint density at radius 2 is 1.66 bits per heavy atom. The van der Waals surface area contributed by atoms with Gasteiger partial charge in [0.25, 0.3) is 0 Å². The maximum Gasteiger partial charge on any atom is 0.407 e. The molecule has 1 saturated carbocycles. The predicted molar refractivity (Wildman–Crippen MR) is 118 cm³/mol. The van der Waals surface area contributed by atoms with Gasteiger partial charge in [-0.2, -0.15) is 0 Å². The van der Waals surface area contributed by atoms with Crippen LogP contribution in [0.3, 0.4) is 0 Å². The summed E-state index contributed by atoms with van der Waals surface area (Å²) in [6.07, 6.45) is 1.85. The van der Waals surface area contributed by atoms with Gasteiger partial charge >= 0.3 is 12.1 Å². The van der Waals surface area contributed by atoms with Crippen molar-refractivity contribution in [1.29, 1.82) is 0 Å². The summed E-state index contributed by atoms with van der Waals surface area (Å²) in [6.45, 7) is 0.166. The van der Waals surface area contributed by atoms with Crippen molar-refractivity contribution < 1.29 is 24.2 Å². The minimum absolute atomic E-state index is 0.0263. The number of ether oxygens (including phenoxy) is 1. The summed E-state index contributed by atoms with van der Waals surface area (Å²) in [5.41, 5.74) is 3.97. The molecule has 0 heterocycles. The molecule has 2 aromatic rings. The average Bonchev–Trinajstić information content (AvgIpc) is 3.07. The van der Waals surface area contributed by atoms with E-state index in [4.69, 9.17) is 9.84 Å². The van der Waals surface area contributed by atoms with Gasteiger partial charge in [0.15, 0.2) is 0 Å². The van der Waals surface area contributed by atoms with E-state index in [1.165, 1.54) is 0 Å². The van der Waals surface area contributed by atoms with Crippen molar-refractivity contribution in [2.75, 3.05) is 13.2 Å². The molecule has 7 nitrogen and oxygen atoms in total. The first kappa shape index (κ1) is 21.4. The zero-order valence-corrected chi connectivity index (χ0v) is 17.5. The zero-order chi connectivity index (χ0) is 22.6. The van der Waals surface area contributed by atoms with Crippen LogP contribution in [0.15, 0.2) is 48.5 Å². The fourth-order valence-electron chi connectivity index (χ4n) is 4.43. The lowest BCUT2D eigenvalue weighted by Gasteiger charge is -2.41. The topological polar surface area (TPSA) is 105 Å². The van der Waals surface area contributed by atoms with E-state index in [-0.39, 0.29) is 31.4 Å². The molecule has 4 rings (SSSR count). The SMILES string of the molecule is O=C(O)C#CCNC(=O)CC1(NC(=O)OCC2c3ccccc3-c3ccccc32)CCC1. The van der Waals surface area contributed by atoms with Crippen molar-refractivity contribution in [3.8, 4) is 23.0 Å². The third-order valence-electron chi connectivity index (χ3n) is 6.09. The van der Waals surface area contributed by atoms with Gasteiger partial charge in [0, 0.05) is 18.3 Å². The van der Waals surface area contributed by atoms with Crippen LogP contribution in [-0.4, -0.2) is 41.8 Å². The lowest BCUT2D eigenvalue weighted by Crippen LogP contribution is -2.56. The molecular formula is C25H24N2O5. The number of aliphatic carboxylic acids is 1. The van der Waals surface area contributed by atoms with Crippen molar-refractivity contribution >= 4 is 18.0 Å². The van der Waals surface area contributed by atoms with Crippen molar-refractivity contribution in [2.45, 2.75) is 37.1 Å². The fraction of sp³-hybridized carbons (Fsp3) is 0.320. The lowest BCUT2D eigenvalue weighted by molar-refractivity contribution is -0.130. The van der Waals surface area contributed by atoms with E-state index in [9.17, 15) is 14.4 Å². The van der Waals surface area contributed by atoms with Crippen LogP contribution < -0.4 is 10.6 Å². The number of amides is 2. The Hall–Kier alpha value is -3.79. The molecule has 0 aliphatic heterocycles. The minimum Gasteiger partial charge on any atom is -0.472 e. The van der Waals surface area contributed by atoms with Gasteiger partial charge in [-0.25, -0.2) is 9.59 Å². The second kappa shape index (κ2) is 9.15. The second-order valence-electron chi connectivity index (χ2n) is 8.14. The van der Waals surface area contributed by atoms with Gasteiger partial charge in [0.1, 0.15) is 6.61 Å². The summed E-state index contributed by atoms with van der Waals surface area (Å²) in [5.74, 6) is 2.74. The van der Waals surface area contributed by atoms with E-state index in [1.807, 2.05) is 30.2 Å². The molecule has 2 aliphatic rings. The number of carbonyl (C=O) groups is 3. The molecule has 0 aromatic heterocycles. The number of rotatable bonds is 6. The molecule has 164 valence electrons. The predicted octanol–water partition coefficient (Wildman–Crippen LogP) is 3.04. The summed E-state index contributed by atoms with van der Waals surface area (Å²) >= 11 is 0. The molecule has 0 spiro atoms. The molecule has 0 saturated heterocycles. The van der Waals surface area contributed by atoms with Crippen LogP contribution in [0.5, 0.6) is 0 Å². The summed E-state index contributed by atoms with van der Waals surface area (Å²) in [5, 5.41) is 14.0. The Kier molecular flexibility index (Phi) is 6.13. The van der Waals surface area contributed by atoms with Gasteiger partial charge in [0.05, 0.1) is 12.1 Å². The number of alkyl carbamates (subject to hydrolysis) is 1. The lowest BCUT2D eigenvalue weighted by atomic mass is 9.74. The molecule has 1 fully saturated rings. The summed E-state index contributed by atoms with van der Waals surface area (Å²) in [4.78, 5) is 35.2. The number of carboxylic acids is 1. The van der Waals surface area contributed by atoms with Gasteiger partial charge in [-0.15, -0.1) is 0 Å². The zero-order valence-electron chi connectivity index (χ0n) is 17.5. The Morgan fingerprint density at radius 3 is 2.22 bits per heavy atom. The highest BCUT2D eigenvalue weighted by Crippen LogP contribution is 2.44. The van der Waals surface area contributed by atoms with E-state index in [2.05, 4.69) is 40.8 Å². The molecule has 0 atom stereocenters. The first-order chi connectivity index (χ1) is 15.5. The van der Waals surface area contributed by atoms with E-state index < -0.39 is 17.6 Å². The van der Waals surface area contributed by atoms with Crippen LogP contribution in [0.4, 0.5) is 4.79 Å². The quantitative estimate of drug-likeness (QED) is 0.609. The van der Waals surface area contributed by atoms with Gasteiger partial charge < -0.3 is 20.5 Å². The van der Waals surface area contributed by atoms with E-state index >= 15 is 0 Å². The molecule has 3 N–H and O–H groups in total. The molecular weight excluding hydrogens is 408 g/mol. The second-order valence-corrected chi connectivity index (χ2v) is 8.14. The molecule has 2 aromatic carbocycles. The summed E-state index contributed by atoms with van der Waals surface area (Å²) in [7, 11) is 0. The molecule has 2 amide bonds. The average molecular weight is 432 g/mol. The van der Waals surface area contributed by atoms with Crippen LogP contribution in [0.25, 0.3) is 11.1 Å². The van der Waals surface area contributed by atoms with Gasteiger partial charge in [-0.05, 0) is 41.5 Å². The number of nitrogens with one attached hydrogen (secondary N) is 2. The first-order valence-electron chi connectivity index (χ1n) is 10.6. The van der Waals surface area contributed by atoms with Crippen LogP contribution in [0.2, 0.25) is 0 Å². The van der Waals surface area contributed by atoms with Gasteiger partial charge in [-0.3, -0.25) is 4.79 Å². The van der Waals surface area contributed by atoms with Crippen molar-refractivity contribution in [1.82, 2.24) is 10.6 Å². The summed E-state index contributed by atoms with van der Waals surface area (Å²) < 4.78 is 5.61. The number of carbonyl (C=O) groups excluding carboxylic acids is 2. The highest BCUT2D eigenvalue weighted by atomic mass is 16.5. The molecule has 7 heteroatoms. The third-order valence-corrected chi connectivity index (χ3v) is 6.09. The largest absolute Gasteiger partial charge is 0.472 e. The molecule has 2 aliphatic carbocycles. The third kappa shape index (κ3) is 4.59. The molecule has 0 bridgehead atoms. The van der Waals surface area contributed by atoms with E-state index in [0.29, 0.717) is 12.8 Å². The van der Waals surface area contributed by atoms with Crippen LogP contribution >= 0.6 is 0 Å². The van der Waals surface area contributed by atoms with Crippen molar-refractivity contribution in [3.63, 3.8) is 0 Å². The number of benzene rings is 2. The minimum atomic E-state index is -1.24. The molecule has 32 heavy (non-hydrogen) atoms. The Bertz CT molecular complexity index is 1070.